The van der Waals surface area contributed by atoms with Gasteiger partial charge in [-0.1, -0.05) is 38.5 Å². The lowest BCUT2D eigenvalue weighted by Gasteiger charge is -2.52. The van der Waals surface area contributed by atoms with Crippen LogP contribution in [0.3, 0.4) is 0 Å². The van der Waals surface area contributed by atoms with Crippen LogP contribution in [0.2, 0.25) is 18.1 Å². The average molecular weight is 501 g/mol. The lowest BCUT2D eigenvalue weighted by molar-refractivity contribution is -0.196. The number of ether oxygens (including phenoxy) is 1. The Balaban J connectivity index is 2.74. The van der Waals surface area contributed by atoms with E-state index in [9.17, 15) is 9.59 Å². The van der Waals surface area contributed by atoms with E-state index in [1.807, 2.05) is 22.6 Å². The van der Waals surface area contributed by atoms with Crippen molar-refractivity contribution in [3.8, 4) is 21.7 Å². The Hall–Kier alpha value is -1.13. The molecule has 7 heteroatoms. The van der Waals surface area contributed by atoms with E-state index in [4.69, 9.17) is 9.16 Å². The molecule has 0 radical (unpaired) electrons. The van der Waals surface area contributed by atoms with Crippen molar-refractivity contribution in [1.29, 1.82) is 0 Å². The lowest BCUT2D eigenvalue weighted by Crippen LogP contribution is -2.75. The van der Waals surface area contributed by atoms with Gasteiger partial charge in [-0.15, -0.1) is 0 Å². The summed E-state index contributed by atoms with van der Waals surface area (Å²) in [6.45, 7) is 11.6. The van der Waals surface area contributed by atoms with E-state index in [1.54, 1.807) is 12.2 Å². The molecule has 148 valence electrons. The Bertz CT molecular complexity index is 705. The van der Waals surface area contributed by atoms with Crippen LogP contribution >= 0.6 is 22.6 Å². The van der Waals surface area contributed by atoms with Gasteiger partial charge in [0.15, 0.2) is 13.9 Å². The monoisotopic (exact) mass is 501 g/mol. The van der Waals surface area contributed by atoms with Gasteiger partial charge in [-0.2, -0.15) is 0 Å². The fourth-order valence-electron chi connectivity index (χ4n) is 2.54. The molecule has 1 fully saturated rings. The molecule has 1 saturated heterocycles. The fraction of sp³-hybridized carbons (Fsp3) is 0.600. The van der Waals surface area contributed by atoms with Crippen molar-refractivity contribution in [2.24, 2.45) is 0 Å². The second-order valence-electron chi connectivity index (χ2n) is 7.85. The van der Waals surface area contributed by atoms with Crippen LogP contribution in [0, 0.1) is 21.7 Å². The van der Waals surface area contributed by atoms with Crippen LogP contribution in [0.4, 0.5) is 0 Å². The van der Waals surface area contributed by atoms with Crippen LogP contribution in [0.15, 0.2) is 12.2 Å². The highest BCUT2D eigenvalue weighted by Crippen LogP contribution is 2.38. The van der Waals surface area contributed by atoms with E-state index in [-0.39, 0.29) is 17.4 Å². The quantitative estimate of drug-likeness (QED) is 0.177. The first-order chi connectivity index (χ1) is 12.6. The minimum Gasteiger partial charge on any atom is -0.415 e. The van der Waals surface area contributed by atoms with Crippen LogP contribution in [-0.4, -0.2) is 57.3 Å². The van der Waals surface area contributed by atoms with E-state index in [1.165, 1.54) is 12.0 Å². The molecule has 0 spiro atoms. The number of aldehydes is 1. The maximum absolute atomic E-state index is 12.7. The Kier molecular flexibility index (Phi) is 8.75. The van der Waals surface area contributed by atoms with Crippen LogP contribution in [0.5, 0.6) is 0 Å². The number of halogens is 1. The summed E-state index contributed by atoms with van der Waals surface area (Å²) in [4.78, 5) is 25.8. The van der Waals surface area contributed by atoms with Crippen LogP contribution in [-0.2, 0) is 18.8 Å². The zero-order chi connectivity index (χ0) is 20.7. The molecule has 1 amide bonds. The van der Waals surface area contributed by atoms with Crippen molar-refractivity contribution in [2.45, 2.75) is 57.0 Å². The lowest BCUT2D eigenvalue weighted by atomic mass is 9.80. The predicted octanol–water partition coefficient (Wildman–Crippen LogP) is 3.15. The second kappa shape index (κ2) is 9.88. The fourth-order valence-corrected chi connectivity index (χ4v) is 3.75. The molecule has 1 aliphatic rings. The molecule has 0 saturated carbocycles. The summed E-state index contributed by atoms with van der Waals surface area (Å²) in [5, 5.41) is 0.0943. The zero-order valence-corrected chi connectivity index (χ0v) is 20.0. The average Bonchev–Trinajstić information content (AvgIpc) is 2.60. The summed E-state index contributed by atoms with van der Waals surface area (Å²) in [5.74, 6) is 8.24. The number of methoxy groups -OCH3 is 1. The van der Waals surface area contributed by atoms with E-state index in [2.05, 4.69) is 55.6 Å². The summed E-state index contributed by atoms with van der Waals surface area (Å²) in [5.41, 5.74) is -1.20. The van der Waals surface area contributed by atoms with Gasteiger partial charge in [0.2, 0.25) is 0 Å². The molecule has 0 aromatic heterocycles. The first-order valence-electron chi connectivity index (χ1n) is 8.77. The highest BCUT2D eigenvalue weighted by molar-refractivity contribution is 14.1. The molecular weight excluding hydrogens is 473 g/mol. The summed E-state index contributed by atoms with van der Waals surface area (Å²) < 4.78 is 14.3. The van der Waals surface area contributed by atoms with Gasteiger partial charge in [0.1, 0.15) is 12.3 Å². The Morgan fingerprint density at radius 3 is 2.44 bits per heavy atom. The smallest absolute Gasteiger partial charge is 0.259 e. The van der Waals surface area contributed by atoms with Crippen LogP contribution in [0.1, 0.15) is 27.2 Å². The Labute approximate surface area is 177 Å². The molecule has 0 aromatic rings. The van der Waals surface area contributed by atoms with E-state index in [0.29, 0.717) is 13.2 Å². The number of nitrogens with zero attached hydrogens (tertiary/aromatic N) is 1. The molecule has 0 aromatic carbocycles. The number of carbonyl (C=O) groups excluding carboxylic acids is 2. The van der Waals surface area contributed by atoms with Gasteiger partial charge >= 0.3 is 0 Å². The van der Waals surface area contributed by atoms with Gasteiger partial charge in [0.25, 0.3) is 5.91 Å². The molecule has 0 N–H and O–H groups in total. The standard InChI is InChI=1S/C20H28INO4Si/c1-19(2,3)27(5,6)26-15-14-22-17(16-23)20(25-4,18(22)24)12-10-8-7-9-11-13-21/h7,9,16-17H,12,14-15H2,1-6H3/b9-7+/t17-,20+/m0/s1. The van der Waals surface area contributed by atoms with Crippen molar-refractivity contribution in [3.05, 3.63) is 12.2 Å². The number of carbonyl (C=O) groups is 2. The topological polar surface area (TPSA) is 55.8 Å². The van der Waals surface area contributed by atoms with Gasteiger partial charge in [-0.3, -0.25) is 4.79 Å². The first kappa shape index (κ1) is 23.9. The summed E-state index contributed by atoms with van der Waals surface area (Å²) in [6, 6.07) is -0.648. The number of hydrogen-bond acceptors (Lipinski definition) is 4. The molecule has 0 unspecified atom stereocenters. The number of β-lactam (4-membered cyclic amide) rings is 1. The third-order valence-corrected chi connectivity index (χ3v) is 10.1. The van der Waals surface area contributed by atoms with Gasteiger partial charge in [-0.05, 0) is 34.2 Å². The van der Waals surface area contributed by atoms with Crippen molar-refractivity contribution >= 4 is 43.1 Å². The summed E-state index contributed by atoms with van der Waals surface area (Å²) in [7, 11) is -0.453. The highest BCUT2D eigenvalue weighted by Gasteiger charge is 2.61. The Morgan fingerprint density at radius 1 is 1.30 bits per heavy atom. The number of hydrogen-bond donors (Lipinski definition) is 0. The molecule has 5 nitrogen and oxygen atoms in total. The van der Waals surface area contributed by atoms with Crippen molar-refractivity contribution in [2.75, 3.05) is 20.3 Å². The number of amides is 1. The minimum absolute atomic E-state index is 0.0943. The van der Waals surface area contributed by atoms with Gasteiger partial charge in [0.05, 0.1) is 13.0 Å². The SMILES string of the molecule is CO[C@@]1(CC#C/C=C/C#CI)C(=O)N(CCO[Si](C)(C)C(C)(C)C)[C@H]1C=O. The van der Waals surface area contributed by atoms with Gasteiger partial charge in [-0.25, -0.2) is 0 Å². The normalized spacial score (nSPS) is 22.6. The van der Waals surface area contributed by atoms with Crippen molar-refractivity contribution < 1.29 is 18.8 Å². The molecule has 1 heterocycles. The van der Waals surface area contributed by atoms with Crippen molar-refractivity contribution in [3.63, 3.8) is 0 Å². The summed E-state index contributed by atoms with van der Waals surface area (Å²) >= 11 is 1.94. The molecule has 1 aliphatic heterocycles. The maximum Gasteiger partial charge on any atom is 0.259 e. The first-order valence-corrected chi connectivity index (χ1v) is 12.8. The summed E-state index contributed by atoms with van der Waals surface area (Å²) in [6.07, 6.45) is 4.16. The third-order valence-electron chi connectivity index (χ3n) is 5.29. The van der Waals surface area contributed by atoms with Crippen LogP contribution in [0.25, 0.3) is 0 Å². The maximum atomic E-state index is 12.7. The number of rotatable bonds is 7. The zero-order valence-electron chi connectivity index (χ0n) is 16.9. The van der Waals surface area contributed by atoms with E-state index in [0.717, 1.165) is 6.29 Å². The van der Waals surface area contributed by atoms with Gasteiger partial charge < -0.3 is 18.9 Å². The van der Waals surface area contributed by atoms with E-state index < -0.39 is 20.0 Å². The molecule has 0 aliphatic carbocycles. The predicted molar refractivity (Wildman–Crippen MR) is 118 cm³/mol. The number of allylic oxidation sites excluding steroid dienone is 2. The Morgan fingerprint density at radius 2 is 1.93 bits per heavy atom. The molecular formula is C20H28INO4Si. The van der Waals surface area contributed by atoms with Crippen molar-refractivity contribution in [1.82, 2.24) is 4.90 Å². The van der Waals surface area contributed by atoms with Gasteiger partial charge in [0, 0.05) is 36.2 Å². The molecule has 0 bridgehead atoms. The molecule has 2 atom stereocenters. The van der Waals surface area contributed by atoms with Crippen LogP contribution < -0.4 is 0 Å². The molecule has 1 rings (SSSR count). The molecule has 27 heavy (non-hydrogen) atoms. The largest absolute Gasteiger partial charge is 0.415 e. The minimum atomic E-state index is -1.89. The number of likely N-dealkylation sites (tertiary alicyclic amines) is 1. The highest BCUT2D eigenvalue weighted by atomic mass is 127. The third kappa shape index (κ3) is 5.45. The van der Waals surface area contributed by atoms with E-state index >= 15 is 0 Å². The second-order valence-corrected chi connectivity index (χ2v) is 13.2.